The van der Waals surface area contributed by atoms with Gasteiger partial charge in [-0.3, -0.25) is 4.68 Å². The van der Waals surface area contributed by atoms with Gasteiger partial charge in [0.05, 0.1) is 18.6 Å². The SMILES string of the molecule is Cn1ncnc1CNCc1cncn1Cc1ccccc1. The monoisotopic (exact) mass is 282 g/mol. The van der Waals surface area contributed by atoms with Crippen molar-refractivity contribution < 1.29 is 0 Å². The standard InChI is InChI=1S/C15H18N6/c1-20-15(18-11-19-20)9-16-7-14-8-17-12-21(14)10-13-5-3-2-4-6-13/h2-6,8,11-12,16H,7,9-10H2,1H3. The predicted octanol–water partition coefficient (Wildman–Crippen LogP) is 1.35. The predicted molar refractivity (Wildman–Crippen MR) is 79.3 cm³/mol. The molecular formula is C15H18N6. The van der Waals surface area contributed by atoms with E-state index in [1.165, 1.54) is 5.56 Å². The van der Waals surface area contributed by atoms with Gasteiger partial charge in [0, 0.05) is 26.3 Å². The van der Waals surface area contributed by atoms with E-state index < -0.39 is 0 Å². The van der Waals surface area contributed by atoms with Crippen molar-refractivity contribution in [3.63, 3.8) is 0 Å². The third-order valence-corrected chi connectivity index (χ3v) is 3.39. The van der Waals surface area contributed by atoms with Crippen molar-refractivity contribution in [2.24, 2.45) is 7.05 Å². The van der Waals surface area contributed by atoms with Crippen molar-refractivity contribution in [1.82, 2.24) is 29.6 Å². The molecule has 108 valence electrons. The van der Waals surface area contributed by atoms with E-state index in [0.29, 0.717) is 6.54 Å². The van der Waals surface area contributed by atoms with Gasteiger partial charge in [-0.2, -0.15) is 5.10 Å². The lowest BCUT2D eigenvalue weighted by molar-refractivity contribution is 0.591. The Labute approximate surface area is 123 Å². The zero-order valence-electron chi connectivity index (χ0n) is 12.0. The van der Waals surface area contributed by atoms with Crippen molar-refractivity contribution in [2.45, 2.75) is 19.6 Å². The Bertz CT molecular complexity index is 685. The minimum Gasteiger partial charge on any atom is -0.329 e. The first kappa shape index (κ1) is 13.5. The summed E-state index contributed by atoms with van der Waals surface area (Å²) < 4.78 is 3.92. The number of imidazole rings is 1. The lowest BCUT2D eigenvalue weighted by Gasteiger charge is -2.09. The van der Waals surface area contributed by atoms with Gasteiger partial charge in [-0.05, 0) is 5.56 Å². The van der Waals surface area contributed by atoms with E-state index in [1.54, 1.807) is 11.0 Å². The highest BCUT2D eigenvalue weighted by Crippen LogP contribution is 2.06. The van der Waals surface area contributed by atoms with Gasteiger partial charge in [0.25, 0.3) is 0 Å². The van der Waals surface area contributed by atoms with Crippen LogP contribution in [0, 0.1) is 0 Å². The highest BCUT2D eigenvalue weighted by atomic mass is 15.3. The maximum atomic E-state index is 4.24. The fourth-order valence-corrected chi connectivity index (χ4v) is 2.20. The molecule has 0 unspecified atom stereocenters. The van der Waals surface area contributed by atoms with Crippen LogP contribution in [0.3, 0.4) is 0 Å². The number of hydrogen-bond acceptors (Lipinski definition) is 4. The van der Waals surface area contributed by atoms with E-state index in [-0.39, 0.29) is 0 Å². The van der Waals surface area contributed by atoms with Crippen LogP contribution in [-0.4, -0.2) is 24.3 Å². The smallest absolute Gasteiger partial charge is 0.140 e. The molecule has 3 rings (SSSR count). The quantitative estimate of drug-likeness (QED) is 0.741. The van der Waals surface area contributed by atoms with E-state index >= 15 is 0 Å². The summed E-state index contributed by atoms with van der Waals surface area (Å²) in [5.74, 6) is 0.920. The summed E-state index contributed by atoms with van der Waals surface area (Å²) in [6, 6.07) is 10.4. The molecule has 0 saturated carbocycles. The molecule has 0 bridgehead atoms. The highest BCUT2D eigenvalue weighted by Gasteiger charge is 2.04. The van der Waals surface area contributed by atoms with Crippen molar-refractivity contribution in [2.75, 3.05) is 0 Å². The van der Waals surface area contributed by atoms with E-state index in [9.17, 15) is 0 Å². The molecule has 0 fully saturated rings. The van der Waals surface area contributed by atoms with Gasteiger partial charge < -0.3 is 9.88 Å². The maximum Gasteiger partial charge on any atom is 0.140 e. The molecule has 0 aliphatic rings. The number of nitrogens with one attached hydrogen (secondary N) is 1. The molecule has 21 heavy (non-hydrogen) atoms. The van der Waals surface area contributed by atoms with Crippen LogP contribution in [0.5, 0.6) is 0 Å². The zero-order chi connectivity index (χ0) is 14.5. The first-order valence-corrected chi connectivity index (χ1v) is 6.89. The number of aryl methyl sites for hydroxylation is 1. The van der Waals surface area contributed by atoms with Gasteiger partial charge in [0.15, 0.2) is 0 Å². The molecule has 0 atom stereocenters. The molecule has 0 spiro atoms. The number of benzene rings is 1. The van der Waals surface area contributed by atoms with E-state index in [2.05, 4.69) is 49.2 Å². The summed E-state index contributed by atoms with van der Waals surface area (Å²) >= 11 is 0. The topological polar surface area (TPSA) is 60.6 Å². The Morgan fingerprint density at radius 3 is 2.76 bits per heavy atom. The van der Waals surface area contributed by atoms with Crippen LogP contribution in [0.2, 0.25) is 0 Å². The van der Waals surface area contributed by atoms with Crippen LogP contribution < -0.4 is 5.32 Å². The van der Waals surface area contributed by atoms with Crippen molar-refractivity contribution >= 4 is 0 Å². The largest absolute Gasteiger partial charge is 0.329 e. The number of rotatable bonds is 6. The first-order chi connectivity index (χ1) is 10.3. The van der Waals surface area contributed by atoms with Gasteiger partial charge in [0.1, 0.15) is 12.2 Å². The summed E-state index contributed by atoms with van der Waals surface area (Å²) in [5.41, 5.74) is 2.42. The molecule has 2 heterocycles. The molecule has 6 nitrogen and oxygen atoms in total. The van der Waals surface area contributed by atoms with Crippen LogP contribution in [0.15, 0.2) is 49.2 Å². The van der Waals surface area contributed by atoms with Crippen molar-refractivity contribution in [1.29, 1.82) is 0 Å². The highest BCUT2D eigenvalue weighted by molar-refractivity contribution is 5.16. The number of aromatic nitrogens is 5. The Kier molecular flexibility index (Phi) is 4.07. The molecule has 2 aromatic heterocycles. The number of hydrogen-bond donors (Lipinski definition) is 1. The van der Waals surface area contributed by atoms with Crippen molar-refractivity contribution in [3.05, 3.63) is 66.3 Å². The normalized spacial score (nSPS) is 10.9. The van der Waals surface area contributed by atoms with Gasteiger partial charge in [0.2, 0.25) is 0 Å². The van der Waals surface area contributed by atoms with Crippen LogP contribution >= 0.6 is 0 Å². The molecular weight excluding hydrogens is 264 g/mol. The average Bonchev–Trinajstić information content (AvgIpc) is 3.10. The lowest BCUT2D eigenvalue weighted by atomic mass is 10.2. The van der Waals surface area contributed by atoms with Crippen LogP contribution in [0.1, 0.15) is 17.1 Å². The third kappa shape index (κ3) is 3.35. The van der Waals surface area contributed by atoms with Crippen molar-refractivity contribution in [3.8, 4) is 0 Å². The Morgan fingerprint density at radius 1 is 1.14 bits per heavy atom. The molecule has 0 aliphatic heterocycles. The minimum atomic E-state index is 0.688. The van der Waals surface area contributed by atoms with Crippen LogP contribution in [0.25, 0.3) is 0 Å². The van der Waals surface area contributed by atoms with Gasteiger partial charge in [-0.1, -0.05) is 30.3 Å². The maximum absolute atomic E-state index is 4.24. The average molecular weight is 282 g/mol. The second-order valence-corrected chi connectivity index (χ2v) is 4.90. The minimum absolute atomic E-state index is 0.688. The van der Waals surface area contributed by atoms with Gasteiger partial charge in [-0.15, -0.1) is 0 Å². The third-order valence-electron chi connectivity index (χ3n) is 3.39. The summed E-state index contributed by atoms with van der Waals surface area (Å²) in [5, 5.41) is 7.43. The Hall–Kier alpha value is -2.47. The molecule has 0 radical (unpaired) electrons. The second-order valence-electron chi connectivity index (χ2n) is 4.90. The van der Waals surface area contributed by atoms with Crippen LogP contribution in [-0.2, 0) is 26.7 Å². The summed E-state index contributed by atoms with van der Waals surface area (Å²) in [6.45, 7) is 2.27. The molecule has 3 aromatic rings. The fourth-order valence-electron chi connectivity index (χ4n) is 2.20. The molecule has 0 aliphatic carbocycles. The van der Waals surface area contributed by atoms with E-state index in [0.717, 1.165) is 24.6 Å². The number of nitrogens with zero attached hydrogens (tertiary/aromatic N) is 5. The fraction of sp³-hybridized carbons (Fsp3) is 0.267. The Morgan fingerprint density at radius 2 is 2.00 bits per heavy atom. The lowest BCUT2D eigenvalue weighted by Crippen LogP contribution is -2.18. The molecule has 1 aromatic carbocycles. The molecule has 6 heteroatoms. The van der Waals surface area contributed by atoms with E-state index in [1.807, 2.05) is 25.6 Å². The summed E-state index contributed by atoms with van der Waals surface area (Å²) in [6.07, 6.45) is 5.33. The molecule has 0 saturated heterocycles. The van der Waals surface area contributed by atoms with Gasteiger partial charge in [-0.25, -0.2) is 9.97 Å². The van der Waals surface area contributed by atoms with E-state index in [4.69, 9.17) is 0 Å². The summed E-state index contributed by atoms with van der Waals surface area (Å²) in [4.78, 5) is 8.43. The zero-order valence-corrected chi connectivity index (χ0v) is 12.0. The molecule has 1 N–H and O–H groups in total. The van der Waals surface area contributed by atoms with Crippen LogP contribution in [0.4, 0.5) is 0 Å². The first-order valence-electron chi connectivity index (χ1n) is 6.89. The van der Waals surface area contributed by atoms with Gasteiger partial charge >= 0.3 is 0 Å². The second kappa shape index (κ2) is 6.32. The Balaban J connectivity index is 1.59. The molecule has 0 amide bonds. The summed E-state index contributed by atoms with van der Waals surface area (Å²) in [7, 11) is 1.89.